The second-order valence-corrected chi connectivity index (χ2v) is 7.34. The van der Waals surface area contributed by atoms with Crippen molar-refractivity contribution in [3.05, 3.63) is 21.7 Å². The van der Waals surface area contributed by atoms with Crippen LogP contribution in [0.1, 0.15) is 63.0 Å². The molecule has 0 aromatic heterocycles. The van der Waals surface area contributed by atoms with Crippen molar-refractivity contribution in [2.45, 2.75) is 57.3 Å². The summed E-state index contributed by atoms with van der Waals surface area (Å²) < 4.78 is 11.8. The van der Waals surface area contributed by atoms with Gasteiger partial charge in [-0.25, -0.2) is 0 Å². The van der Waals surface area contributed by atoms with Gasteiger partial charge in [0, 0.05) is 10.0 Å². The second-order valence-electron chi connectivity index (χ2n) is 6.49. The van der Waals surface area contributed by atoms with Crippen molar-refractivity contribution in [2.24, 2.45) is 0 Å². The lowest BCUT2D eigenvalue weighted by Gasteiger charge is -2.37. The predicted octanol–water partition coefficient (Wildman–Crippen LogP) is 4.88. The Morgan fingerprint density at radius 3 is 2.26 bits per heavy atom. The van der Waals surface area contributed by atoms with Gasteiger partial charge in [-0.15, -0.1) is 0 Å². The van der Waals surface area contributed by atoms with Gasteiger partial charge in [0.1, 0.15) is 0 Å². The minimum absolute atomic E-state index is 0.129. The van der Waals surface area contributed by atoms with Crippen molar-refractivity contribution in [1.29, 1.82) is 0 Å². The van der Waals surface area contributed by atoms with Crippen LogP contribution in [0.25, 0.3) is 0 Å². The maximum Gasteiger partial charge on any atom is 0.314 e. The van der Waals surface area contributed by atoms with E-state index in [2.05, 4.69) is 29.8 Å². The topological polar surface area (TPSA) is 55.8 Å². The van der Waals surface area contributed by atoms with Gasteiger partial charge in [0.25, 0.3) is 0 Å². The van der Waals surface area contributed by atoms with Crippen molar-refractivity contribution in [1.82, 2.24) is 0 Å². The normalized spacial score (nSPS) is 17.1. The molecule has 0 atom stereocenters. The first-order chi connectivity index (χ1) is 10.9. The van der Waals surface area contributed by atoms with Crippen LogP contribution >= 0.6 is 15.9 Å². The maximum absolute atomic E-state index is 12.3. The minimum atomic E-state index is -0.851. The number of carboxylic acids is 1. The summed E-state index contributed by atoms with van der Waals surface area (Å²) in [6.07, 6.45) is 4.29. The molecule has 0 spiro atoms. The Kier molecular flexibility index (Phi) is 5.61. The standard InChI is InChI=1S/C18H25BrO4/c1-11(2)14-15(12(19)10-13(22-3)16(14)23-4)18(17(20)21)8-6-5-7-9-18/h10-11H,5-9H2,1-4H3,(H,20,21). The molecule has 4 nitrogen and oxygen atoms in total. The highest BCUT2D eigenvalue weighted by atomic mass is 79.9. The molecule has 1 aromatic rings. The van der Waals surface area contributed by atoms with Crippen molar-refractivity contribution in [3.8, 4) is 11.5 Å². The first kappa shape index (κ1) is 18.1. The van der Waals surface area contributed by atoms with Crippen LogP contribution < -0.4 is 9.47 Å². The fourth-order valence-corrected chi connectivity index (χ4v) is 4.55. The lowest BCUT2D eigenvalue weighted by molar-refractivity contribution is -0.145. The molecule has 1 aliphatic rings. The number of methoxy groups -OCH3 is 2. The van der Waals surface area contributed by atoms with E-state index in [4.69, 9.17) is 9.47 Å². The molecule has 0 aliphatic heterocycles. The Morgan fingerprint density at radius 1 is 1.22 bits per heavy atom. The van der Waals surface area contributed by atoms with Gasteiger partial charge in [-0.3, -0.25) is 4.79 Å². The molecule has 0 amide bonds. The zero-order valence-electron chi connectivity index (χ0n) is 14.2. The van der Waals surface area contributed by atoms with Crippen LogP contribution in [0.3, 0.4) is 0 Å². The molecular weight excluding hydrogens is 360 g/mol. The van der Waals surface area contributed by atoms with Crippen molar-refractivity contribution >= 4 is 21.9 Å². The molecule has 23 heavy (non-hydrogen) atoms. The molecule has 1 aliphatic carbocycles. The van der Waals surface area contributed by atoms with E-state index in [0.29, 0.717) is 24.3 Å². The first-order valence-electron chi connectivity index (χ1n) is 8.07. The molecule has 1 fully saturated rings. The minimum Gasteiger partial charge on any atom is -0.493 e. The lowest BCUT2D eigenvalue weighted by Crippen LogP contribution is -2.39. The molecule has 0 saturated heterocycles. The van der Waals surface area contributed by atoms with Gasteiger partial charge in [-0.2, -0.15) is 0 Å². The number of carboxylic acid groups (broad SMARTS) is 1. The van der Waals surface area contributed by atoms with Gasteiger partial charge in [0.15, 0.2) is 11.5 Å². The fourth-order valence-electron chi connectivity index (χ4n) is 3.75. The first-order valence-corrected chi connectivity index (χ1v) is 8.86. The number of rotatable bonds is 5. The molecule has 0 unspecified atom stereocenters. The number of carbonyl (C=O) groups is 1. The van der Waals surface area contributed by atoms with Gasteiger partial charge < -0.3 is 14.6 Å². The highest BCUT2D eigenvalue weighted by Crippen LogP contribution is 2.51. The van der Waals surface area contributed by atoms with E-state index in [1.54, 1.807) is 14.2 Å². The van der Waals surface area contributed by atoms with Crippen LogP contribution in [0.5, 0.6) is 11.5 Å². The molecule has 128 valence electrons. The number of halogens is 1. The van der Waals surface area contributed by atoms with Crippen LogP contribution in [-0.2, 0) is 10.2 Å². The third kappa shape index (κ3) is 3.08. The van der Waals surface area contributed by atoms with Crippen LogP contribution in [-0.4, -0.2) is 25.3 Å². The van der Waals surface area contributed by atoms with Gasteiger partial charge in [-0.05, 0) is 30.4 Å². The molecule has 0 radical (unpaired) electrons. The smallest absolute Gasteiger partial charge is 0.314 e. The largest absolute Gasteiger partial charge is 0.493 e. The second kappa shape index (κ2) is 7.12. The van der Waals surface area contributed by atoms with E-state index < -0.39 is 11.4 Å². The Bertz CT molecular complexity index is 589. The highest BCUT2D eigenvalue weighted by molar-refractivity contribution is 9.10. The van der Waals surface area contributed by atoms with E-state index in [-0.39, 0.29) is 5.92 Å². The quantitative estimate of drug-likeness (QED) is 0.785. The van der Waals surface area contributed by atoms with Crippen LogP contribution in [0.15, 0.2) is 10.5 Å². The molecule has 1 aromatic carbocycles. The third-order valence-electron chi connectivity index (χ3n) is 4.83. The van der Waals surface area contributed by atoms with Gasteiger partial charge >= 0.3 is 5.97 Å². The summed E-state index contributed by atoms with van der Waals surface area (Å²) in [4.78, 5) is 12.3. The van der Waals surface area contributed by atoms with Crippen molar-refractivity contribution < 1.29 is 19.4 Å². The van der Waals surface area contributed by atoms with Crippen molar-refractivity contribution in [2.75, 3.05) is 14.2 Å². The summed E-state index contributed by atoms with van der Waals surface area (Å²) in [5, 5.41) is 10.1. The number of hydrogen-bond acceptors (Lipinski definition) is 3. The van der Waals surface area contributed by atoms with E-state index in [1.807, 2.05) is 6.07 Å². The summed E-state index contributed by atoms with van der Waals surface area (Å²) in [6.45, 7) is 4.12. The van der Waals surface area contributed by atoms with Gasteiger partial charge in [0.05, 0.1) is 19.6 Å². The lowest BCUT2D eigenvalue weighted by atomic mass is 9.67. The number of aliphatic carboxylic acids is 1. The molecule has 0 heterocycles. The zero-order valence-corrected chi connectivity index (χ0v) is 15.8. The van der Waals surface area contributed by atoms with Gasteiger partial charge in [-0.1, -0.05) is 49.0 Å². The number of benzene rings is 1. The summed E-state index contributed by atoms with van der Waals surface area (Å²) in [7, 11) is 3.21. The van der Waals surface area contributed by atoms with Gasteiger partial charge in [0.2, 0.25) is 0 Å². The molecule has 1 saturated carbocycles. The van der Waals surface area contributed by atoms with E-state index in [9.17, 15) is 9.90 Å². The SMILES string of the molecule is COc1cc(Br)c(C2(C(=O)O)CCCCC2)c(C(C)C)c1OC. The average Bonchev–Trinajstić information content (AvgIpc) is 2.53. The summed E-state index contributed by atoms with van der Waals surface area (Å²) in [6, 6.07) is 1.83. The summed E-state index contributed by atoms with van der Waals surface area (Å²) >= 11 is 3.61. The van der Waals surface area contributed by atoms with Crippen molar-refractivity contribution in [3.63, 3.8) is 0 Å². The fraction of sp³-hybridized carbons (Fsp3) is 0.611. The molecule has 2 rings (SSSR count). The molecule has 1 N–H and O–H groups in total. The average molecular weight is 385 g/mol. The predicted molar refractivity (Wildman–Crippen MR) is 93.7 cm³/mol. The van der Waals surface area contributed by atoms with Crippen LogP contribution in [0, 0.1) is 0 Å². The zero-order chi connectivity index (χ0) is 17.2. The Labute approximate surface area is 146 Å². The molecule has 5 heteroatoms. The summed E-state index contributed by atoms with van der Waals surface area (Å²) in [5.41, 5.74) is 0.941. The number of hydrogen-bond donors (Lipinski definition) is 1. The highest BCUT2D eigenvalue weighted by Gasteiger charge is 2.45. The summed E-state index contributed by atoms with van der Waals surface area (Å²) in [5.74, 6) is 0.659. The Morgan fingerprint density at radius 2 is 1.83 bits per heavy atom. The third-order valence-corrected chi connectivity index (χ3v) is 5.46. The Balaban J connectivity index is 2.81. The van der Waals surface area contributed by atoms with E-state index in [0.717, 1.165) is 34.9 Å². The maximum atomic E-state index is 12.3. The monoisotopic (exact) mass is 384 g/mol. The number of ether oxygens (including phenoxy) is 2. The van der Waals surface area contributed by atoms with Crippen LogP contribution in [0.4, 0.5) is 0 Å². The van der Waals surface area contributed by atoms with E-state index in [1.165, 1.54) is 0 Å². The van der Waals surface area contributed by atoms with E-state index >= 15 is 0 Å². The molecular formula is C18H25BrO4. The molecule has 0 bridgehead atoms. The Hall–Kier alpha value is -1.23. The van der Waals surface area contributed by atoms with Crippen LogP contribution in [0.2, 0.25) is 0 Å².